The van der Waals surface area contributed by atoms with Crippen molar-refractivity contribution in [1.82, 2.24) is 14.3 Å². The maximum Gasteiger partial charge on any atom is 0.251 e. The third-order valence-electron chi connectivity index (χ3n) is 3.52. The number of fused-ring (bicyclic) bond motifs is 1. The van der Waals surface area contributed by atoms with E-state index in [0.717, 1.165) is 27.3 Å². The minimum Gasteiger partial charge on any atom is -0.367 e. The molecule has 4 aromatic rings. The summed E-state index contributed by atoms with van der Waals surface area (Å²) >= 11 is 2.48. The maximum absolute atomic E-state index is 11.8. The molecule has 7 nitrogen and oxygen atoms in total. The first-order valence-corrected chi connectivity index (χ1v) is 9.24. The molecule has 0 aliphatic carbocycles. The van der Waals surface area contributed by atoms with Gasteiger partial charge in [0.25, 0.3) is 5.91 Å². The van der Waals surface area contributed by atoms with Crippen molar-refractivity contribution in [2.24, 2.45) is 16.0 Å². The molecule has 2 heterocycles. The number of hydrogen-bond acceptors (Lipinski definition) is 8. The van der Waals surface area contributed by atoms with Crippen LogP contribution >= 0.6 is 22.9 Å². The highest BCUT2D eigenvalue weighted by atomic mass is 32.1. The molecule has 0 fully saturated rings. The molecule has 1 atom stereocenters. The van der Waals surface area contributed by atoms with E-state index in [1.54, 1.807) is 0 Å². The van der Waals surface area contributed by atoms with Crippen LogP contribution in [0.3, 0.4) is 0 Å². The average Bonchev–Trinajstić information content (AvgIpc) is 3.29. The van der Waals surface area contributed by atoms with Crippen LogP contribution in [0.5, 0.6) is 0 Å². The van der Waals surface area contributed by atoms with Gasteiger partial charge in [-0.1, -0.05) is 42.5 Å². The van der Waals surface area contributed by atoms with Crippen molar-refractivity contribution in [3.63, 3.8) is 0 Å². The number of rotatable bonds is 5. The Hall–Kier alpha value is -3.04. The molecule has 0 aliphatic rings. The number of amides is 1. The Labute approximate surface area is 156 Å². The van der Waals surface area contributed by atoms with Gasteiger partial charge in [0.2, 0.25) is 11.2 Å². The predicted molar refractivity (Wildman–Crippen MR) is 101 cm³/mol. The van der Waals surface area contributed by atoms with Crippen LogP contribution < -0.4 is 5.73 Å². The van der Waals surface area contributed by atoms with Crippen LogP contribution in [0.2, 0.25) is 0 Å². The molecule has 9 heteroatoms. The highest BCUT2D eigenvalue weighted by Gasteiger charge is 2.22. The molecule has 1 unspecified atom stereocenters. The lowest BCUT2D eigenvalue weighted by atomic mass is 10.2. The first kappa shape index (κ1) is 16.4. The monoisotopic (exact) mass is 380 g/mol. The maximum atomic E-state index is 11.8. The second kappa shape index (κ2) is 7.06. The third kappa shape index (κ3) is 3.35. The van der Waals surface area contributed by atoms with Crippen LogP contribution in [-0.2, 0) is 4.79 Å². The SMILES string of the molecule is NC(=O)C(/N=N/c1nc(-c2ccccc2)ns1)c1nc2ccccc2s1. The fourth-order valence-electron chi connectivity index (χ4n) is 2.30. The summed E-state index contributed by atoms with van der Waals surface area (Å²) in [6, 6.07) is 16.2. The minimum absolute atomic E-state index is 0.358. The van der Waals surface area contributed by atoms with Crippen molar-refractivity contribution >= 4 is 44.1 Å². The van der Waals surface area contributed by atoms with E-state index in [-0.39, 0.29) is 0 Å². The summed E-state index contributed by atoms with van der Waals surface area (Å²) < 4.78 is 5.23. The van der Waals surface area contributed by atoms with Crippen LogP contribution in [-0.4, -0.2) is 20.2 Å². The smallest absolute Gasteiger partial charge is 0.251 e. The third-order valence-corrected chi connectivity index (χ3v) is 5.21. The number of benzene rings is 2. The summed E-state index contributed by atoms with van der Waals surface area (Å²) in [5.74, 6) is -0.0410. The van der Waals surface area contributed by atoms with E-state index < -0.39 is 11.9 Å². The topological polar surface area (TPSA) is 106 Å². The highest BCUT2D eigenvalue weighted by Crippen LogP contribution is 2.30. The van der Waals surface area contributed by atoms with Crippen molar-refractivity contribution in [2.45, 2.75) is 6.04 Å². The zero-order valence-corrected chi connectivity index (χ0v) is 14.9. The molecule has 26 heavy (non-hydrogen) atoms. The van der Waals surface area contributed by atoms with E-state index in [4.69, 9.17) is 5.73 Å². The molecule has 0 spiro atoms. The normalized spacial score (nSPS) is 12.6. The summed E-state index contributed by atoms with van der Waals surface area (Å²) in [6.07, 6.45) is 0. The zero-order chi connectivity index (χ0) is 17.9. The number of hydrogen-bond donors (Lipinski definition) is 1. The number of carbonyl (C=O) groups excluding carboxylic acids is 1. The molecule has 0 bridgehead atoms. The first-order chi connectivity index (χ1) is 12.7. The highest BCUT2D eigenvalue weighted by molar-refractivity contribution is 7.18. The number of thiazole rings is 1. The number of nitrogens with zero attached hydrogens (tertiary/aromatic N) is 5. The van der Waals surface area contributed by atoms with E-state index in [0.29, 0.717) is 16.0 Å². The zero-order valence-electron chi connectivity index (χ0n) is 13.3. The predicted octanol–water partition coefficient (Wildman–Crippen LogP) is 4.13. The fourth-order valence-corrected chi connectivity index (χ4v) is 3.84. The first-order valence-electron chi connectivity index (χ1n) is 7.65. The number of nitrogens with two attached hydrogens (primary N) is 1. The molecule has 0 aliphatic heterocycles. The van der Waals surface area contributed by atoms with E-state index in [1.807, 2.05) is 54.6 Å². The Balaban J connectivity index is 1.61. The Morgan fingerprint density at radius 2 is 1.81 bits per heavy atom. The lowest BCUT2D eigenvalue weighted by Gasteiger charge is -2.01. The van der Waals surface area contributed by atoms with Crippen LogP contribution in [0.1, 0.15) is 11.0 Å². The van der Waals surface area contributed by atoms with Crippen LogP contribution in [0.4, 0.5) is 5.13 Å². The number of primary amides is 1. The molecule has 128 valence electrons. The Kier molecular flexibility index (Phi) is 4.46. The van der Waals surface area contributed by atoms with Crippen LogP contribution in [0.15, 0.2) is 64.8 Å². The molecule has 1 amide bonds. The number of azo groups is 1. The Morgan fingerprint density at radius 1 is 1.04 bits per heavy atom. The van der Waals surface area contributed by atoms with E-state index in [1.165, 1.54) is 11.3 Å². The average molecular weight is 380 g/mol. The quantitative estimate of drug-likeness (QED) is 0.525. The van der Waals surface area contributed by atoms with Crippen molar-refractivity contribution in [3.8, 4) is 11.4 Å². The van der Waals surface area contributed by atoms with Gasteiger partial charge in [0.15, 0.2) is 5.82 Å². The molecule has 0 saturated heterocycles. The molecule has 2 aromatic carbocycles. The van der Waals surface area contributed by atoms with Gasteiger partial charge < -0.3 is 5.73 Å². The summed E-state index contributed by atoms with van der Waals surface area (Å²) in [5.41, 5.74) is 7.19. The Bertz CT molecular complexity index is 1060. The second-order valence-corrected chi connectivity index (χ2v) is 7.10. The van der Waals surface area contributed by atoms with Gasteiger partial charge in [-0.05, 0) is 12.1 Å². The molecular weight excluding hydrogens is 368 g/mol. The van der Waals surface area contributed by atoms with Gasteiger partial charge in [0.1, 0.15) is 5.01 Å². The summed E-state index contributed by atoms with van der Waals surface area (Å²) in [7, 11) is 0. The van der Waals surface area contributed by atoms with Crippen molar-refractivity contribution < 1.29 is 4.79 Å². The number of aromatic nitrogens is 3. The summed E-state index contributed by atoms with van der Waals surface area (Å²) in [5, 5.41) is 9.00. The van der Waals surface area contributed by atoms with Gasteiger partial charge in [-0.3, -0.25) is 4.79 Å². The van der Waals surface area contributed by atoms with Crippen molar-refractivity contribution in [2.75, 3.05) is 0 Å². The van der Waals surface area contributed by atoms with Gasteiger partial charge in [0, 0.05) is 17.1 Å². The van der Waals surface area contributed by atoms with Gasteiger partial charge in [0.05, 0.1) is 10.2 Å². The Morgan fingerprint density at radius 3 is 2.58 bits per heavy atom. The molecular formula is C17H12N6OS2. The van der Waals surface area contributed by atoms with Crippen molar-refractivity contribution in [3.05, 3.63) is 59.6 Å². The van der Waals surface area contributed by atoms with E-state index in [9.17, 15) is 4.79 Å². The molecule has 2 N–H and O–H groups in total. The fraction of sp³-hybridized carbons (Fsp3) is 0.0588. The van der Waals surface area contributed by atoms with Gasteiger partial charge in [-0.15, -0.1) is 16.5 Å². The molecule has 0 radical (unpaired) electrons. The minimum atomic E-state index is -0.948. The van der Waals surface area contributed by atoms with Crippen LogP contribution in [0, 0.1) is 0 Å². The lowest BCUT2D eigenvalue weighted by Crippen LogP contribution is -2.19. The largest absolute Gasteiger partial charge is 0.367 e. The summed E-state index contributed by atoms with van der Waals surface area (Å²) in [4.78, 5) is 20.6. The number of para-hydroxylation sites is 1. The second-order valence-electron chi connectivity index (χ2n) is 5.31. The number of carbonyl (C=O) groups is 1. The summed E-state index contributed by atoms with van der Waals surface area (Å²) in [6.45, 7) is 0. The molecule has 0 saturated carbocycles. The molecule has 4 rings (SSSR count). The standard InChI is InChI=1S/C17H12N6OS2/c18-14(24)13(16-19-11-8-4-5-9-12(11)25-16)21-22-17-20-15(23-26-17)10-6-2-1-3-7-10/h1-9,13H,(H2,18,24)/b22-21+. The molecule has 2 aromatic heterocycles. The van der Waals surface area contributed by atoms with Gasteiger partial charge in [-0.25, -0.2) is 4.98 Å². The van der Waals surface area contributed by atoms with Crippen molar-refractivity contribution in [1.29, 1.82) is 0 Å². The lowest BCUT2D eigenvalue weighted by molar-refractivity contribution is -0.119. The van der Waals surface area contributed by atoms with E-state index in [2.05, 4.69) is 24.6 Å². The van der Waals surface area contributed by atoms with E-state index >= 15 is 0 Å². The van der Waals surface area contributed by atoms with Gasteiger partial charge >= 0.3 is 0 Å². The van der Waals surface area contributed by atoms with Crippen LogP contribution in [0.25, 0.3) is 21.6 Å². The van der Waals surface area contributed by atoms with Gasteiger partial charge in [-0.2, -0.15) is 14.5 Å².